The van der Waals surface area contributed by atoms with E-state index in [0.29, 0.717) is 13.2 Å². The van der Waals surface area contributed by atoms with Crippen LogP contribution in [-0.4, -0.2) is 39.6 Å². The number of para-hydroxylation sites is 1. The van der Waals surface area contributed by atoms with Gasteiger partial charge in [0.1, 0.15) is 22.2 Å². The zero-order valence-corrected chi connectivity index (χ0v) is 11.0. The van der Waals surface area contributed by atoms with Gasteiger partial charge < -0.3 is 10.1 Å². The minimum Gasteiger partial charge on any atom is -0.492 e. The minimum atomic E-state index is -2.92. The molecular formula is C12H19NO3S. The number of rotatable bonds is 7. The highest BCUT2D eigenvalue weighted by atomic mass is 32.2. The van der Waals surface area contributed by atoms with E-state index in [-0.39, 0.29) is 11.8 Å². The molecule has 0 amide bonds. The first kappa shape index (κ1) is 14.0. The summed E-state index contributed by atoms with van der Waals surface area (Å²) in [5.74, 6) is 0.975. The molecule has 0 aromatic heterocycles. The van der Waals surface area contributed by atoms with E-state index in [1.807, 2.05) is 37.3 Å². The Morgan fingerprint density at radius 3 is 2.53 bits per heavy atom. The lowest BCUT2D eigenvalue weighted by atomic mass is 10.3. The molecule has 0 aliphatic carbocycles. The van der Waals surface area contributed by atoms with Gasteiger partial charge in [-0.3, -0.25) is 0 Å². The Balaban J connectivity index is 2.16. The van der Waals surface area contributed by atoms with Crippen LogP contribution < -0.4 is 10.1 Å². The lowest BCUT2D eigenvalue weighted by Crippen LogP contribution is -2.35. The fourth-order valence-corrected chi connectivity index (χ4v) is 2.53. The molecule has 1 N–H and O–H groups in total. The van der Waals surface area contributed by atoms with Gasteiger partial charge in [-0.1, -0.05) is 18.2 Å². The molecule has 1 aromatic carbocycles. The Morgan fingerprint density at radius 2 is 1.94 bits per heavy atom. The van der Waals surface area contributed by atoms with E-state index in [1.165, 1.54) is 6.26 Å². The minimum absolute atomic E-state index is 0.0515. The van der Waals surface area contributed by atoms with Gasteiger partial charge in [0.25, 0.3) is 0 Å². The molecule has 1 rings (SSSR count). The fraction of sp³-hybridized carbons (Fsp3) is 0.500. The van der Waals surface area contributed by atoms with Crippen molar-refractivity contribution in [2.75, 3.05) is 25.2 Å². The van der Waals surface area contributed by atoms with Crippen molar-refractivity contribution >= 4 is 9.84 Å². The molecule has 0 spiro atoms. The van der Waals surface area contributed by atoms with Gasteiger partial charge >= 0.3 is 0 Å². The summed E-state index contributed by atoms with van der Waals surface area (Å²) in [7, 11) is -2.92. The summed E-state index contributed by atoms with van der Waals surface area (Å²) in [6.07, 6.45) is 1.24. The van der Waals surface area contributed by atoms with Crippen LogP contribution in [0.15, 0.2) is 30.3 Å². The van der Waals surface area contributed by atoms with Crippen LogP contribution >= 0.6 is 0 Å². The molecule has 1 atom stereocenters. The molecule has 0 bridgehead atoms. The Labute approximate surface area is 103 Å². The quantitative estimate of drug-likeness (QED) is 0.743. The summed E-state index contributed by atoms with van der Waals surface area (Å²) < 4.78 is 27.5. The van der Waals surface area contributed by atoms with E-state index in [0.717, 1.165) is 5.75 Å². The van der Waals surface area contributed by atoms with Crippen LogP contribution in [0.25, 0.3) is 0 Å². The average molecular weight is 257 g/mol. The molecule has 0 aliphatic rings. The molecule has 17 heavy (non-hydrogen) atoms. The first-order chi connectivity index (χ1) is 7.97. The summed E-state index contributed by atoms with van der Waals surface area (Å²) in [5.41, 5.74) is 0. The van der Waals surface area contributed by atoms with Crippen LogP contribution in [0.1, 0.15) is 6.92 Å². The first-order valence-corrected chi connectivity index (χ1v) is 7.62. The van der Waals surface area contributed by atoms with E-state index in [9.17, 15) is 8.42 Å². The molecule has 1 unspecified atom stereocenters. The van der Waals surface area contributed by atoms with Gasteiger partial charge in [-0.25, -0.2) is 8.42 Å². The zero-order chi connectivity index (χ0) is 12.7. The number of sulfone groups is 1. The van der Waals surface area contributed by atoms with Gasteiger partial charge in [0.15, 0.2) is 0 Å². The van der Waals surface area contributed by atoms with Crippen LogP contribution in [0.3, 0.4) is 0 Å². The molecule has 96 valence electrons. The second kappa shape index (κ2) is 6.61. The van der Waals surface area contributed by atoms with Crippen LogP contribution in [0.4, 0.5) is 0 Å². The zero-order valence-electron chi connectivity index (χ0n) is 10.2. The van der Waals surface area contributed by atoms with E-state index >= 15 is 0 Å². The van der Waals surface area contributed by atoms with Gasteiger partial charge in [-0.05, 0) is 19.1 Å². The van der Waals surface area contributed by atoms with Crippen LogP contribution in [0.5, 0.6) is 5.75 Å². The standard InChI is InChI=1S/C12H19NO3S/c1-11(10-17(2,14)15)13-8-9-16-12-6-4-3-5-7-12/h3-7,11,13H,8-10H2,1-2H3. The molecule has 5 heteroatoms. The predicted molar refractivity (Wildman–Crippen MR) is 69.1 cm³/mol. The summed E-state index contributed by atoms with van der Waals surface area (Å²) in [6, 6.07) is 9.48. The molecule has 0 fully saturated rings. The maximum Gasteiger partial charge on any atom is 0.148 e. The second-order valence-electron chi connectivity index (χ2n) is 4.11. The van der Waals surface area contributed by atoms with Gasteiger partial charge in [0, 0.05) is 18.8 Å². The highest BCUT2D eigenvalue weighted by Gasteiger charge is 2.09. The third-order valence-electron chi connectivity index (χ3n) is 2.16. The predicted octanol–water partition coefficient (Wildman–Crippen LogP) is 1.09. The molecule has 0 saturated carbocycles. The third kappa shape index (κ3) is 6.97. The average Bonchev–Trinajstić information content (AvgIpc) is 2.23. The first-order valence-electron chi connectivity index (χ1n) is 5.56. The van der Waals surface area contributed by atoms with Crippen molar-refractivity contribution in [1.29, 1.82) is 0 Å². The van der Waals surface area contributed by atoms with E-state index in [2.05, 4.69) is 5.32 Å². The highest BCUT2D eigenvalue weighted by molar-refractivity contribution is 7.90. The van der Waals surface area contributed by atoms with Crippen molar-refractivity contribution < 1.29 is 13.2 Å². The summed E-state index contributed by atoms with van der Waals surface area (Å²) in [4.78, 5) is 0. The molecule has 0 heterocycles. The topological polar surface area (TPSA) is 55.4 Å². The fourth-order valence-electron chi connectivity index (χ4n) is 1.50. The highest BCUT2D eigenvalue weighted by Crippen LogP contribution is 2.07. The number of ether oxygens (including phenoxy) is 1. The van der Waals surface area contributed by atoms with Gasteiger partial charge in [0.05, 0.1) is 5.75 Å². The van der Waals surface area contributed by atoms with Crippen molar-refractivity contribution in [3.05, 3.63) is 30.3 Å². The van der Waals surface area contributed by atoms with Crippen molar-refractivity contribution in [3.8, 4) is 5.75 Å². The van der Waals surface area contributed by atoms with E-state index < -0.39 is 9.84 Å². The summed E-state index contributed by atoms with van der Waals surface area (Å²) in [6.45, 7) is 3.01. The molecular weight excluding hydrogens is 238 g/mol. The summed E-state index contributed by atoms with van der Waals surface area (Å²) >= 11 is 0. The second-order valence-corrected chi connectivity index (χ2v) is 6.29. The van der Waals surface area contributed by atoms with E-state index in [4.69, 9.17) is 4.74 Å². The normalized spacial score (nSPS) is 13.3. The lowest BCUT2D eigenvalue weighted by Gasteiger charge is -2.13. The number of benzene rings is 1. The Hall–Kier alpha value is -1.07. The van der Waals surface area contributed by atoms with Crippen molar-refractivity contribution in [2.24, 2.45) is 0 Å². The smallest absolute Gasteiger partial charge is 0.148 e. The molecule has 4 nitrogen and oxygen atoms in total. The largest absolute Gasteiger partial charge is 0.492 e. The monoisotopic (exact) mass is 257 g/mol. The lowest BCUT2D eigenvalue weighted by molar-refractivity contribution is 0.309. The van der Waals surface area contributed by atoms with E-state index in [1.54, 1.807) is 0 Å². The van der Waals surface area contributed by atoms with Crippen molar-refractivity contribution in [1.82, 2.24) is 5.32 Å². The number of nitrogens with one attached hydrogen (secondary N) is 1. The third-order valence-corrected chi connectivity index (χ3v) is 3.27. The van der Waals surface area contributed by atoms with Crippen molar-refractivity contribution in [2.45, 2.75) is 13.0 Å². The number of hydrogen-bond donors (Lipinski definition) is 1. The molecule has 1 aromatic rings. The van der Waals surface area contributed by atoms with Crippen LogP contribution in [0.2, 0.25) is 0 Å². The number of hydrogen-bond acceptors (Lipinski definition) is 4. The van der Waals surface area contributed by atoms with Gasteiger partial charge in [-0.15, -0.1) is 0 Å². The maximum absolute atomic E-state index is 11.0. The molecule has 0 saturated heterocycles. The van der Waals surface area contributed by atoms with Crippen molar-refractivity contribution in [3.63, 3.8) is 0 Å². The summed E-state index contributed by atoms with van der Waals surface area (Å²) in [5, 5.41) is 3.11. The maximum atomic E-state index is 11.0. The van der Waals surface area contributed by atoms with Crippen LogP contribution in [-0.2, 0) is 9.84 Å². The Kier molecular flexibility index (Phi) is 5.44. The SMILES string of the molecule is CC(CS(C)(=O)=O)NCCOc1ccccc1. The molecule has 0 radical (unpaired) electrons. The van der Waals surface area contributed by atoms with Crippen LogP contribution in [0, 0.1) is 0 Å². The Bertz CT molecular complexity index is 417. The van der Waals surface area contributed by atoms with Gasteiger partial charge in [0.2, 0.25) is 0 Å². The van der Waals surface area contributed by atoms with Gasteiger partial charge in [-0.2, -0.15) is 0 Å². The Morgan fingerprint density at radius 1 is 1.29 bits per heavy atom. The molecule has 0 aliphatic heterocycles.